The van der Waals surface area contributed by atoms with Gasteiger partial charge in [0.05, 0.1) is 31.0 Å². The van der Waals surface area contributed by atoms with Crippen LogP contribution in [-0.2, 0) is 30.7 Å². The zero-order valence-corrected chi connectivity index (χ0v) is 25.9. The highest BCUT2D eigenvalue weighted by molar-refractivity contribution is 6.01. The second-order valence-electron chi connectivity index (χ2n) is 12.2. The summed E-state index contributed by atoms with van der Waals surface area (Å²) in [6.45, 7) is 7.18. The maximum absolute atomic E-state index is 14.1. The molecule has 0 radical (unpaired) electrons. The largest absolute Gasteiger partial charge is 0.489 e. The topological polar surface area (TPSA) is 86.9 Å². The summed E-state index contributed by atoms with van der Waals surface area (Å²) in [7, 11) is 0. The molecule has 1 amide bonds. The summed E-state index contributed by atoms with van der Waals surface area (Å²) in [5, 5.41) is 3.10. The van der Waals surface area contributed by atoms with E-state index in [4.69, 9.17) is 9.47 Å². The molecule has 3 aromatic carbocycles. The molecule has 0 unspecified atom stereocenters. The molecule has 2 aliphatic heterocycles. The summed E-state index contributed by atoms with van der Waals surface area (Å²) in [6, 6.07) is 22.9. The number of anilines is 2. The van der Waals surface area contributed by atoms with E-state index in [1.165, 1.54) is 11.1 Å². The third-order valence-electron chi connectivity index (χ3n) is 9.32. The number of hydrogen-bond acceptors (Lipinski definition) is 6. The van der Waals surface area contributed by atoms with Crippen LogP contribution in [0.4, 0.5) is 11.4 Å². The van der Waals surface area contributed by atoms with Gasteiger partial charge in [-0.15, -0.1) is 0 Å². The molecule has 45 heavy (non-hydrogen) atoms. The average Bonchev–Trinajstić information content (AvgIpc) is 3.09. The first-order valence-corrected chi connectivity index (χ1v) is 16.1. The van der Waals surface area contributed by atoms with Crippen molar-refractivity contribution in [3.05, 3.63) is 111 Å². The van der Waals surface area contributed by atoms with Crippen LogP contribution in [0, 0.1) is 6.92 Å². The van der Waals surface area contributed by atoms with Crippen molar-refractivity contribution in [1.82, 2.24) is 10.3 Å². The van der Waals surface area contributed by atoms with E-state index in [0.29, 0.717) is 49.8 Å². The summed E-state index contributed by atoms with van der Waals surface area (Å²) < 4.78 is 11.8. The Labute approximate surface area is 264 Å². The number of amides is 1. The van der Waals surface area contributed by atoms with E-state index in [9.17, 15) is 9.59 Å². The third kappa shape index (κ3) is 6.07. The molecule has 1 saturated heterocycles. The summed E-state index contributed by atoms with van der Waals surface area (Å²) in [5.74, 6) is 0.339. The molecule has 8 heteroatoms. The van der Waals surface area contributed by atoms with E-state index in [-0.39, 0.29) is 18.0 Å². The molecule has 232 valence electrons. The van der Waals surface area contributed by atoms with Crippen LogP contribution in [0.15, 0.2) is 71.5 Å². The first-order valence-electron chi connectivity index (χ1n) is 16.1. The van der Waals surface area contributed by atoms with Gasteiger partial charge in [-0.25, -0.2) is 0 Å². The number of carbonyl (C=O) groups is 1. The maximum atomic E-state index is 14.1. The minimum atomic E-state index is -0.247. The second kappa shape index (κ2) is 12.8. The number of nitrogens with zero attached hydrogens (tertiary/aromatic N) is 2. The highest BCUT2D eigenvalue weighted by Gasteiger charge is 2.27. The SMILES string of the molecule is Cc1[nH]c(=O)c(CNC(=O)c2cc(-c3cccc(N4CCOCC4)c3)cc3c2OCCN3Cc2ccccc2)c2c1CCCC2. The number of ether oxygens (including phenoxy) is 2. The van der Waals surface area contributed by atoms with Crippen molar-refractivity contribution in [2.75, 3.05) is 49.3 Å². The number of morpholine rings is 1. The summed E-state index contributed by atoms with van der Waals surface area (Å²) in [5.41, 5.74) is 9.51. The van der Waals surface area contributed by atoms with Gasteiger partial charge in [0.15, 0.2) is 5.75 Å². The Morgan fingerprint density at radius 3 is 2.51 bits per heavy atom. The lowest BCUT2D eigenvalue weighted by molar-refractivity contribution is 0.0946. The molecule has 2 N–H and O–H groups in total. The number of aryl methyl sites for hydroxylation is 1. The van der Waals surface area contributed by atoms with Crippen LogP contribution in [-0.4, -0.2) is 50.3 Å². The molecule has 1 aromatic heterocycles. The zero-order valence-electron chi connectivity index (χ0n) is 25.9. The minimum absolute atomic E-state index is 0.116. The lowest BCUT2D eigenvalue weighted by Crippen LogP contribution is -2.36. The Morgan fingerprint density at radius 1 is 0.889 bits per heavy atom. The fourth-order valence-electron chi connectivity index (χ4n) is 6.95. The number of pyridine rings is 1. The van der Waals surface area contributed by atoms with E-state index < -0.39 is 0 Å². The first kappa shape index (κ1) is 29.2. The van der Waals surface area contributed by atoms with Crippen molar-refractivity contribution in [2.24, 2.45) is 0 Å². The Kier molecular flexibility index (Phi) is 8.31. The van der Waals surface area contributed by atoms with E-state index in [2.05, 4.69) is 74.7 Å². The lowest BCUT2D eigenvalue weighted by atomic mass is 9.88. The van der Waals surface area contributed by atoms with Gasteiger partial charge in [-0.3, -0.25) is 9.59 Å². The summed E-state index contributed by atoms with van der Waals surface area (Å²) in [6.07, 6.45) is 4.01. The van der Waals surface area contributed by atoms with Crippen LogP contribution in [0.5, 0.6) is 5.75 Å². The smallest absolute Gasteiger partial charge is 0.255 e. The quantitative estimate of drug-likeness (QED) is 0.294. The molecule has 1 aliphatic carbocycles. The van der Waals surface area contributed by atoms with Crippen LogP contribution >= 0.6 is 0 Å². The lowest BCUT2D eigenvalue weighted by Gasteiger charge is -2.33. The van der Waals surface area contributed by atoms with Crippen molar-refractivity contribution < 1.29 is 14.3 Å². The second-order valence-corrected chi connectivity index (χ2v) is 12.2. The van der Waals surface area contributed by atoms with Crippen LogP contribution in [0.2, 0.25) is 0 Å². The molecule has 0 atom stereocenters. The van der Waals surface area contributed by atoms with Gasteiger partial charge < -0.3 is 29.6 Å². The fraction of sp³-hybridized carbons (Fsp3) is 0.351. The van der Waals surface area contributed by atoms with E-state index in [1.54, 1.807) is 0 Å². The molecule has 0 saturated carbocycles. The number of H-pyrrole nitrogens is 1. The number of carbonyl (C=O) groups excluding carboxylic acids is 1. The molecule has 3 aliphatic rings. The number of aromatic amines is 1. The highest BCUT2D eigenvalue weighted by Crippen LogP contribution is 2.40. The van der Waals surface area contributed by atoms with Gasteiger partial charge in [0.1, 0.15) is 6.61 Å². The van der Waals surface area contributed by atoms with Gasteiger partial charge in [-0.05, 0) is 84.7 Å². The molecule has 4 aromatic rings. The monoisotopic (exact) mass is 604 g/mol. The standard InChI is InChI=1S/C37H40N4O4/c1-25-30-12-5-6-13-31(30)33(37(43)39-25)23-38-36(42)32-21-28(27-10-7-11-29(20-27)40-14-17-44-18-15-40)22-34-35(32)45-19-16-41(34)24-26-8-3-2-4-9-26/h2-4,7-11,20-22H,5-6,12-19,23-24H2,1H3,(H,38,42)(H,39,43). The fourth-order valence-corrected chi connectivity index (χ4v) is 6.95. The molecule has 0 bridgehead atoms. The van der Waals surface area contributed by atoms with E-state index in [1.807, 2.05) is 19.1 Å². The summed E-state index contributed by atoms with van der Waals surface area (Å²) >= 11 is 0. The van der Waals surface area contributed by atoms with Gasteiger partial charge >= 0.3 is 0 Å². The Balaban J connectivity index is 1.26. The van der Waals surface area contributed by atoms with Gasteiger partial charge in [-0.1, -0.05) is 42.5 Å². The number of rotatable bonds is 7. The number of benzene rings is 3. The number of hydrogen-bond donors (Lipinski definition) is 2. The number of fused-ring (bicyclic) bond motifs is 2. The first-order chi connectivity index (χ1) is 22.0. The Morgan fingerprint density at radius 2 is 1.69 bits per heavy atom. The molecule has 3 heterocycles. The van der Waals surface area contributed by atoms with Crippen LogP contribution < -0.4 is 25.4 Å². The Hall–Kier alpha value is -4.56. The van der Waals surface area contributed by atoms with Gasteiger partial charge in [0.2, 0.25) is 0 Å². The molecule has 8 nitrogen and oxygen atoms in total. The summed E-state index contributed by atoms with van der Waals surface area (Å²) in [4.78, 5) is 34.8. The van der Waals surface area contributed by atoms with Crippen LogP contribution in [0.1, 0.15) is 51.1 Å². The predicted molar refractivity (Wildman–Crippen MR) is 178 cm³/mol. The minimum Gasteiger partial charge on any atom is -0.489 e. The maximum Gasteiger partial charge on any atom is 0.255 e. The molecular formula is C37H40N4O4. The van der Waals surface area contributed by atoms with Crippen LogP contribution in [0.25, 0.3) is 11.1 Å². The highest BCUT2D eigenvalue weighted by atomic mass is 16.5. The number of nitrogens with one attached hydrogen (secondary N) is 2. The van der Waals surface area contributed by atoms with Crippen molar-refractivity contribution in [2.45, 2.75) is 45.7 Å². The van der Waals surface area contributed by atoms with Gasteiger partial charge in [0.25, 0.3) is 11.5 Å². The number of aromatic nitrogens is 1. The van der Waals surface area contributed by atoms with Gasteiger partial charge in [0, 0.05) is 43.1 Å². The van der Waals surface area contributed by atoms with E-state index in [0.717, 1.165) is 72.5 Å². The van der Waals surface area contributed by atoms with Crippen molar-refractivity contribution in [3.8, 4) is 16.9 Å². The van der Waals surface area contributed by atoms with Gasteiger partial charge in [-0.2, -0.15) is 0 Å². The van der Waals surface area contributed by atoms with Crippen molar-refractivity contribution >= 4 is 17.3 Å². The third-order valence-corrected chi connectivity index (χ3v) is 9.32. The average molecular weight is 605 g/mol. The zero-order chi connectivity index (χ0) is 30.8. The molecule has 7 rings (SSSR count). The predicted octanol–water partition coefficient (Wildman–Crippen LogP) is 5.39. The van der Waals surface area contributed by atoms with E-state index >= 15 is 0 Å². The molecule has 0 spiro atoms. The normalized spacial score (nSPS) is 16.0. The Bertz CT molecular complexity index is 1760. The van der Waals surface area contributed by atoms with Crippen LogP contribution in [0.3, 0.4) is 0 Å². The molecular weight excluding hydrogens is 564 g/mol. The van der Waals surface area contributed by atoms with Crippen molar-refractivity contribution in [3.63, 3.8) is 0 Å². The molecule has 1 fully saturated rings. The van der Waals surface area contributed by atoms with Crippen molar-refractivity contribution in [1.29, 1.82) is 0 Å².